The highest BCUT2D eigenvalue weighted by Gasteiger charge is 2.50. The molecular formula is C17H24O4S. The molecule has 1 aliphatic rings. The van der Waals surface area contributed by atoms with E-state index in [0.29, 0.717) is 11.3 Å². The SMILES string of the molecule is C/C(=C\CC[C@@]1(C)O[C@@H]1CO)CCS(=O)(=O)c1ccccc1. The number of allylic oxidation sites excluding steroid dienone is 2. The lowest BCUT2D eigenvalue weighted by Gasteiger charge is -2.06. The van der Waals surface area contributed by atoms with Crippen molar-refractivity contribution in [2.24, 2.45) is 0 Å². The van der Waals surface area contributed by atoms with Gasteiger partial charge in [-0.25, -0.2) is 8.42 Å². The molecule has 1 aromatic rings. The molecule has 122 valence electrons. The quantitative estimate of drug-likeness (QED) is 0.590. The molecule has 1 fully saturated rings. The summed E-state index contributed by atoms with van der Waals surface area (Å²) in [5, 5.41) is 9.03. The van der Waals surface area contributed by atoms with E-state index in [-0.39, 0.29) is 24.1 Å². The highest BCUT2D eigenvalue weighted by molar-refractivity contribution is 7.91. The zero-order valence-electron chi connectivity index (χ0n) is 13.2. The summed E-state index contributed by atoms with van der Waals surface area (Å²) in [4.78, 5) is 0.382. The number of hydrogen-bond acceptors (Lipinski definition) is 4. The van der Waals surface area contributed by atoms with Crippen molar-refractivity contribution in [2.75, 3.05) is 12.4 Å². The molecule has 0 saturated carbocycles. The minimum absolute atomic E-state index is 0.0420. The molecule has 0 radical (unpaired) electrons. The molecule has 0 bridgehead atoms. The van der Waals surface area contributed by atoms with Crippen LogP contribution in [0.1, 0.15) is 33.1 Å². The predicted octanol–water partition coefficient (Wildman–Crippen LogP) is 2.73. The Morgan fingerprint density at radius 2 is 2.05 bits per heavy atom. The van der Waals surface area contributed by atoms with Crippen molar-refractivity contribution in [1.29, 1.82) is 0 Å². The van der Waals surface area contributed by atoms with Gasteiger partial charge in [0.2, 0.25) is 0 Å². The Labute approximate surface area is 132 Å². The lowest BCUT2D eigenvalue weighted by molar-refractivity contribution is 0.235. The molecule has 1 saturated heterocycles. The van der Waals surface area contributed by atoms with Crippen LogP contribution in [0.15, 0.2) is 46.9 Å². The van der Waals surface area contributed by atoms with Gasteiger partial charge in [0.1, 0.15) is 6.10 Å². The van der Waals surface area contributed by atoms with Gasteiger partial charge in [0.25, 0.3) is 0 Å². The molecule has 0 aliphatic carbocycles. The first-order valence-corrected chi connectivity index (χ1v) is 9.25. The molecule has 1 N–H and O–H groups in total. The van der Waals surface area contributed by atoms with Gasteiger partial charge in [-0.2, -0.15) is 0 Å². The van der Waals surface area contributed by atoms with Crippen molar-refractivity contribution in [3.8, 4) is 0 Å². The van der Waals surface area contributed by atoms with Crippen LogP contribution >= 0.6 is 0 Å². The van der Waals surface area contributed by atoms with Crippen LogP contribution in [0, 0.1) is 0 Å². The molecule has 1 aliphatic heterocycles. The van der Waals surface area contributed by atoms with E-state index >= 15 is 0 Å². The van der Waals surface area contributed by atoms with Crippen LogP contribution in [-0.2, 0) is 14.6 Å². The third-order valence-electron chi connectivity index (χ3n) is 4.20. The molecule has 5 heteroatoms. The van der Waals surface area contributed by atoms with Crippen LogP contribution in [-0.4, -0.2) is 37.6 Å². The van der Waals surface area contributed by atoms with Crippen molar-refractivity contribution < 1.29 is 18.3 Å². The summed E-state index contributed by atoms with van der Waals surface area (Å²) in [6.07, 6.45) is 4.25. The number of aliphatic hydroxyl groups is 1. The van der Waals surface area contributed by atoms with Crippen LogP contribution in [0.5, 0.6) is 0 Å². The molecular weight excluding hydrogens is 300 g/mol. The first-order valence-electron chi connectivity index (χ1n) is 7.59. The molecule has 1 aromatic carbocycles. The summed E-state index contributed by atoms with van der Waals surface area (Å²) in [7, 11) is -3.21. The number of rotatable bonds is 8. The lowest BCUT2D eigenvalue weighted by atomic mass is 10.0. The van der Waals surface area contributed by atoms with E-state index in [1.165, 1.54) is 0 Å². The zero-order valence-corrected chi connectivity index (χ0v) is 14.0. The van der Waals surface area contributed by atoms with Gasteiger partial charge in [0.05, 0.1) is 22.9 Å². The van der Waals surface area contributed by atoms with E-state index in [2.05, 4.69) is 6.08 Å². The average molecular weight is 324 g/mol. The first kappa shape index (κ1) is 17.2. The number of benzene rings is 1. The van der Waals surface area contributed by atoms with Crippen molar-refractivity contribution in [3.63, 3.8) is 0 Å². The monoisotopic (exact) mass is 324 g/mol. The third-order valence-corrected chi connectivity index (χ3v) is 5.93. The smallest absolute Gasteiger partial charge is 0.178 e. The molecule has 2 atom stereocenters. The minimum atomic E-state index is -3.21. The molecule has 0 aromatic heterocycles. The molecule has 1 heterocycles. The summed E-state index contributed by atoms with van der Waals surface area (Å²) in [5.74, 6) is 0.131. The Hall–Kier alpha value is -1.17. The van der Waals surface area contributed by atoms with E-state index in [0.717, 1.165) is 18.4 Å². The van der Waals surface area contributed by atoms with E-state index in [1.807, 2.05) is 19.9 Å². The van der Waals surface area contributed by atoms with Gasteiger partial charge >= 0.3 is 0 Å². The second-order valence-corrected chi connectivity index (χ2v) is 8.18. The van der Waals surface area contributed by atoms with Gasteiger partial charge in [-0.15, -0.1) is 0 Å². The maximum Gasteiger partial charge on any atom is 0.178 e. The molecule has 0 spiro atoms. The van der Waals surface area contributed by atoms with Crippen LogP contribution in [0.3, 0.4) is 0 Å². The minimum Gasteiger partial charge on any atom is -0.394 e. The van der Waals surface area contributed by atoms with Crippen molar-refractivity contribution >= 4 is 9.84 Å². The molecule has 22 heavy (non-hydrogen) atoms. The summed E-state index contributed by atoms with van der Waals surface area (Å²) >= 11 is 0. The Balaban J connectivity index is 1.80. The predicted molar refractivity (Wildman–Crippen MR) is 86.5 cm³/mol. The van der Waals surface area contributed by atoms with Gasteiger partial charge in [0.15, 0.2) is 9.84 Å². The maximum absolute atomic E-state index is 12.2. The van der Waals surface area contributed by atoms with Gasteiger partial charge in [-0.3, -0.25) is 0 Å². The van der Waals surface area contributed by atoms with E-state index in [1.54, 1.807) is 24.3 Å². The molecule has 2 rings (SSSR count). The van der Waals surface area contributed by atoms with E-state index in [4.69, 9.17) is 9.84 Å². The summed E-state index contributed by atoms with van der Waals surface area (Å²) in [6.45, 7) is 4.02. The average Bonchev–Trinajstić information content (AvgIpc) is 3.17. The maximum atomic E-state index is 12.2. The number of hydrogen-bond donors (Lipinski definition) is 1. The fourth-order valence-corrected chi connectivity index (χ4v) is 3.89. The Bertz CT molecular complexity index is 621. The second kappa shape index (κ2) is 6.94. The highest BCUT2D eigenvalue weighted by atomic mass is 32.2. The molecule has 4 nitrogen and oxygen atoms in total. The lowest BCUT2D eigenvalue weighted by Crippen LogP contribution is -2.12. The largest absolute Gasteiger partial charge is 0.394 e. The van der Waals surface area contributed by atoms with Crippen molar-refractivity contribution in [2.45, 2.75) is 49.7 Å². The van der Waals surface area contributed by atoms with E-state index in [9.17, 15) is 8.42 Å². The summed E-state index contributed by atoms with van der Waals surface area (Å²) in [5.41, 5.74) is 0.867. The standard InChI is InChI=1S/C17H24O4S/c1-14(7-6-11-17(2)16(13-18)21-17)10-12-22(19,20)15-8-4-3-5-9-15/h3-5,7-9,16,18H,6,10-13H2,1-2H3/b14-7+/t16-,17-/m1/s1. The fourth-order valence-electron chi connectivity index (χ4n) is 2.49. The second-order valence-electron chi connectivity index (χ2n) is 6.07. The van der Waals surface area contributed by atoms with E-state index < -0.39 is 9.84 Å². The Morgan fingerprint density at radius 1 is 1.36 bits per heavy atom. The van der Waals surface area contributed by atoms with Gasteiger partial charge in [-0.1, -0.05) is 29.8 Å². The number of aliphatic hydroxyl groups excluding tert-OH is 1. The van der Waals surface area contributed by atoms with Crippen LogP contribution in [0.25, 0.3) is 0 Å². The topological polar surface area (TPSA) is 66.9 Å². The first-order chi connectivity index (χ1) is 10.4. The van der Waals surface area contributed by atoms with Gasteiger partial charge < -0.3 is 9.84 Å². The Kier molecular flexibility index (Phi) is 5.42. The zero-order chi connectivity index (χ0) is 16.2. The Morgan fingerprint density at radius 3 is 2.64 bits per heavy atom. The number of ether oxygens (including phenoxy) is 1. The van der Waals surface area contributed by atoms with Gasteiger partial charge in [-0.05, 0) is 45.2 Å². The van der Waals surface area contributed by atoms with Crippen molar-refractivity contribution in [3.05, 3.63) is 42.0 Å². The van der Waals surface area contributed by atoms with Gasteiger partial charge in [0, 0.05) is 0 Å². The summed E-state index contributed by atoms with van der Waals surface area (Å²) in [6, 6.07) is 8.56. The normalized spacial score (nSPS) is 25.2. The van der Waals surface area contributed by atoms with Crippen LogP contribution < -0.4 is 0 Å². The fraction of sp³-hybridized carbons (Fsp3) is 0.529. The molecule has 0 unspecified atom stereocenters. The highest BCUT2D eigenvalue weighted by Crippen LogP contribution is 2.39. The number of epoxide rings is 1. The molecule has 0 amide bonds. The van der Waals surface area contributed by atoms with Crippen LogP contribution in [0.2, 0.25) is 0 Å². The van der Waals surface area contributed by atoms with Crippen LogP contribution in [0.4, 0.5) is 0 Å². The third kappa shape index (κ3) is 4.41. The van der Waals surface area contributed by atoms with Crippen molar-refractivity contribution in [1.82, 2.24) is 0 Å². The number of sulfone groups is 1. The summed E-state index contributed by atoms with van der Waals surface area (Å²) < 4.78 is 29.8.